The Labute approximate surface area is 146 Å². The Kier molecular flexibility index (Phi) is 5.58. The molecule has 1 unspecified atom stereocenters. The fourth-order valence-corrected chi connectivity index (χ4v) is 3.71. The van der Waals surface area contributed by atoms with Gasteiger partial charge in [-0.1, -0.05) is 45.7 Å². The van der Waals surface area contributed by atoms with E-state index in [-0.39, 0.29) is 4.83 Å². The van der Waals surface area contributed by atoms with Crippen LogP contribution in [0.1, 0.15) is 21.5 Å². The third-order valence-electron chi connectivity index (χ3n) is 3.27. The molecule has 1 atom stereocenters. The molecule has 0 aromatic heterocycles. The largest absolute Gasteiger partial charge is 0.496 e. The van der Waals surface area contributed by atoms with Gasteiger partial charge in [0.1, 0.15) is 11.5 Å². The monoisotopic (exact) mass is 432 g/mol. The molecule has 0 N–H and O–H groups in total. The third kappa shape index (κ3) is 3.38. The molecule has 112 valence electrons. The molecule has 0 aliphatic rings. The van der Waals surface area contributed by atoms with Gasteiger partial charge >= 0.3 is 0 Å². The molecular formula is C16H15Br2ClO2. The van der Waals surface area contributed by atoms with Crippen LogP contribution in [0.15, 0.2) is 34.8 Å². The number of aryl methyl sites for hydroxylation is 1. The average molecular weight is 435 g/mol. The van der Waals surface area contributed by atoms with E-state index in [1.54, 1.807) is 14.2 Å². The van der Waals surface area contributed by atoms with Crippen molar-refractivity contribution in [2.24, 2.45) is 0 Å². The Morgan fingerprint density at radius 2 is 1.71 bits per heavy atom. The number of benzene rings is 2. The zero-order valence-electron chi connectivity index (χ0n) is 11.9. The Hall–Kier alpha value is -0.710. The first-order valence-corrected chi connectivity index (χ1v) is 8.38. The summed E-state index contributed by atoms with van der Waals surface area (Å²) in [7, 11) is 3.29. The Morgan fingerprint density at radius 3 is 2.33 bits per heavy atom. The number of hydrogen-bond acceptors (Lipinski definition) is 2. The van der Waals surface area contributed by atoms with Crippen LogP contribution in [0, 0.1) is 6.92 Å². The molecule has 0 fully saturated rings. The van der Waals surface area contributed by atoms with Crippen LogP contribution in [0.4, 0.5) is 0 Å². The van der Waals surface area contributed by atoms with Gasteiger partial charge in [0.05, 0.1) is 23.5 Å². The Bertz CT molecular complexity index is 659. The van der Waals surface area contributed by atoms with Gasteiger partial charge in [-0.3, -0.25) is 0 Å². The van der Waals surface area contributed by atoms with Crippen LogP contribution >= 0.6 is 43.5 Å². The number of alkyl halides is 1. The van der Waals surface area contributed by atoms with Crippen molar-refractivity contribution in [3.63, 3.8) is 0 Å². The van der Waals surface area contributed by atoms with Crippen LogP contribution in [-0.2, 0) is 0 Å². The minimum Gasteiger partial charge on any atom is -0.496 e. The van der Waals surface area contributed by atoms with Crippen LogP contribution in [0.5, 0.6) is 11.5 Å². The molecule has 2 aromatic rings. The predicted molar refractivity (Wildman–Crippen MR) is 94.2 cm³/mol. The fraction of sp³-hybridized carbons (Fsp3) is 0.250. The molecular weight excluding hydrogens is 419 g/mol. The molecule has 5 heteroatoms. The Morgan fingerprint density at radius 1 is 1.05 bits per heavy atom. The molecule has 0 aliphatic carbocycles. The minimum absolute atomic E-state index is 0.0816. The first-order chi connectivity index (χ1) is 9.99. The fourth-order valence-electron chi connectivity index (χ4n) is 2.12. The van der Waals surface area contributed by atoms with Crippen LogP contribution in [0.25, 0.3) is 0 Å². The summed E-state index contributed by atoms with van der Waals surface area (Å²) < 4.78 is 11.7. The lowest BCUT2D eigenvalue weighted by atomic mass is 10.0. The van der Waals surface area contributed by atoms with Crippen molar-refractivity contribution >= 4 is 43.5 Å². The maximum Gasteiger partial charge on any atom is 0.133 e. The van der Waals surface area contributed by atoms with E-state index in [0.717, 1.165) is 37.7 Å². The second-order valence-corrected chi connectivity index (χ2v) is 6.72. The molecule has 21 heavy (non-hydrogen) atoms. The molecule has 0 heterocycles. The number of rotatable bonds is 4. The number of hydrogen-bond donors (Lipinski definition) is 0. The van der Waals surface area contributed by atoms with Crippen LogP contribution < -0.4 is 9.47 Å². The highest BCUT2D eigenvalue weighted by Gasteiger charge is 2.20. The van der Waals surface area contributed by atoms with Gasteiger partial charge < -0.3 is 9.47 Å². The molecule has 0 bridgehead atoms. The molecule has 0 saturated carbocycles. The van der Waals surface area contributed by atoms with E-state index in [1.807, 2.05) is 37.3 Å². The van der Waals surface area contributed by atoms with Crippen molar-refractivity contribution in [1.82, 2.24) is 0 Å². The highest BCUT2D eigenvalue weighted by molar-refractivity contribution is 9.10. The minimum atomic E-state index is -0.0816. The molecule has 2 nitrogen and oxygen atoms in total. The normalized spacial score (nSPS) is 12.1. The molecule has 0 amide bonds. The van der Waals surface area contributed by atoms with Crippen LogP contribution in [0.2, 0.25) is 5.02 Å². The molecule has 0 saturated heterocycles. The van der Waals surface area contributed by atoms with E-state index in [4.69, 9.17) is 21.1 Å². The first-order valence-electron chi connectivity index (χ1n) is 6.30. The second kappa shape index (κ2) is 7.03. The Balaban J connectivity index is 2.56. The van der Waals surface area contributed by atoms with Crippen molar-refractivity contribution in [3.8, 4) is 11.5 Å². The summed E-state index contributed by atoms with van der Waals surface area (Å²) in [6, 6.07) is 9.83. The summed E-state index contributed by atoms with van der Waals surface area (Å²) in [6.07, 6.45) is 0. The third-order valence-corrected chi connectivity index (χ3v) is 5.39. The van der Waals surface area contributed by atoms with Gasteiger partial charge in [-0.15, -0.1) is 0 Å². The highest BCUT2D eigenvalue weighted by Crippen LogP contribution is 2.43. The smallest absolute Gasteiger partial charge is 0.133 e. The van der Waals surface area contributed by atoms with Crippen molar-refractivity contribution in [3.05, 3.63) is 56.5 Å². The van der Waals surface area contributed by atoms with Crippen molar-refractivity contribution in [1.29, 1.82) is 0 Å². The standard InChI is InChI=1S/C16H15Br2ClO2/c1-9-5-4-6-10(16(9)19)15(18)11-7-14(21-3)12(17)8-13(11)20-2/h4-8,15H,1-3H3. The van der Waals surface area contributed by atoms with Gasteiger partial charge in [0.15, 0.2) is 0 Å². The van der Waals surface area contributed by atoms with E-state index in [9.17, 15) is 0 Å². The van der Waals surface area contributed by atoms with Crippen molar-refractivity contribution in [2.75, 3.05) is 14.2 Å². The topological polar surface area (TPSA) is 18.5 Å². The van der Waals surface area contributed by atoms with E-state index < -0.39 is 0 Å². The zero-order valence-corrected chi connectivity index (χ0v) is 15.8. The van der Waals surface area contributed by atoms with Gasteiger partial charge in [-0.25, -0.2) is 0 Å². The molecule has 2 rings (SSSR count). The molecule has 0 aliphatic heterocycles. The number of methoxy groups -OCH3 is 2. The summed E-state index contributed by atoms with van der Waals surface area (Å²) >= 11 is 13.6. The molecule has 0 spiro atoms. The van der Waals surface area contributed by atoms with Gasteiger partial charge in [0.2, 0.25) is 0 Å². The van der Waals surface area contributed by atoms with Gasteiger partial charge in [0, 0.05) is 10.6 Å². The SMILES string of the molecule is COc1cc(C(Br)c2cccc(C)c2Cl)c(OC)cc1Br. The lowest BCUT2D eigenvalue weighted by molar-refractivity contribution is 0.397. The summed E-state index contributed by atoms with van der Waals surface area (Å²) in [4.78, 5) is -0.0816. The quantitative estimate of drug-likeness (QED) is 0.557. The maximum atomic E-state index is 6.43. The zero-order chi connectivity index (χ0) is 15.6. The van der Waals surface area contributed by atoms with Crippen LogP contribution in [-0.4, -0.2) is 14.2 Å². The summed E-state index contributed by atoms with van der Waals surface area (Å²) in [5, 5.41) is 0.753. The molecule has 2 aromatic carbocycles. The van der Waals surface area contributed by atoms with Crippen LogP contribution in [0.3, 0.4) is 0 Å². The second-order valence-electron chi connectivity index (χ2n) is 4.57. The van der Waals surface area contributed by atoms with Crippen molar-refractivity contribution in [2.45, 2.75) is 11.8 Å². The number of halogens is 3. The first kappa shape index (κ1) is 16.7. The predicted octanol–water partition coefficient (Wildman–Crippen LogP) is 5.91. The van der Waals surface area contributed by atoms with Gasteiger partial charge in [-0.05, 0) is 46.1 Å². The van der Waals surface area contributed by atoms with Crippen molar-refractivity contribution < 1.29 is 9.47 Å². The molecule has 0 radical (unpaired) electrons. The van der Waals surface area contributed by atoms with E-state index in [0.29, 0.717) is 0 Å². The van der Waals surface area contributed by atoms with E-state index in [2.05, 4.69) is 31.9 Å². The van der Waals surface area contributed by atoms with Gasteiger partial charge in [-0.2, -0.15) is 0 Å². The number of ether oxygens (including phenoxy) is 2. The van der Waals surface area contributed by atoms with E-state index in [1.165, 1.54) is 0 Å². The summed E-state index contributed by atoms with van der Waals surface area (Å²) in [6.45, 7) is 1.99. The lowest BCUT2D eigenvalue weighted by Crippen LogP contribution is -2.00. The summed E-state index contributed by atoms with van der Waals surface area (Å²) in [5.74, 6) is 1.51. The van der Waals surface area contributed by atoms with E-state index >= 15 is 0 Å². The summed E-state index contributed by atoms with van der Waals surface area (Å²) in [5.41, 5.74) is 3.01. The highest BCUT2D eigenvalue weighted by atomic mass is 79.9. The lowest BCUT2D eigenvalue weighted by Gasteiger charge is -2.18. The average Bonchev–Trinajstić information content (AvgIpc) is 2.49. The van der Waals surface area contributed by atoms with Gasteiger partial charge in [0.25, 0.3) is 0 Å². The maximum absolute atomic E-state index is 6.43.